The monoisotopic (exact) mass is 625 g/mol. The number of aliphatic hydroxyl groups excluding tert-OH is 1. The smallest absolute Gasteiger partial charge is 0.376 e. The van der Waals surface area contributed by atoms with Crippen molar-refractivity contribution >= 4 is 33.2 Å². The van der Waals surface area contributed by atoms with Crippen molar-refractivity contribution in [3.63, 3.8) is 0 Å². The van der Waals surface area contributed by atoms with Crippen LogP contribution in [0.15, 0.2) is 12.7 Å². The van der Waals surface area contributed by atoms with E-state index in [2.05, 4.69) is 33.2 Å². The molecule has 4 atom stereocenters. The van der Waals surface area contributed by atoms with E-state index in [0.29, 0.717) is 32.5 Å². The molecular weight excluding hydrogens is 570 g/mol. The molecule has 0 aromatic rings. The molecule has 0 saturated carbocycles. The Kier molecular flexibility index (Phi) is 15.7. The number of hydrogen-bond donors (Lipinski definition) is 6. The fraction of sp³-hybridized carbons (Fsp3) is 0.793. The zero-order valence-corrected chi connectivity index (χ0v) is 28.3. The molecule has 1 saturated heterocycles. The van der Waals surface area contributed by atoms with Gasteiger partial charge < -0.3 is 31.3 Å². The van der Waals surface area contributed by atoms with Crippen molar-refractivity contribution in [2.75, 3.05) is 39.3 Å². The van der Waals surface area contributed by atoms with Gasteiger partial charge in [-0.25, -0.2) is 4.79 Å². The van der Waals surface area contributed by atoms with Gasteiger partial charge in [0.15, 0.2) is 0 Å². The number of Topliss-reactive ketones (excluding diaryl/α,β-unsaturated/α-hetero) is 1. The molecule has 13 nitrogen and oxygen atoms in total. The van der Waals surface area contributed by atoms with Gasteiger partial charge in [-0.3, -0.25) is 19.7 Å². The predicted molar refractivity (Wildman–Crippen MR) is 165 cm³/mol. The third-order valence-electron chi connectivity index (χ3n) is 7.53. The molecule has 1 fully saturated rings. The maximum atomic E-state index is 13.8. The maximum absolute atomic E-state index is 13.8. The van der Waals surface area contributed by atoms with E-state index in [1.807, 2.05) is 60.0 Å². The van der Waals surface area contributed by atoms with E-state index in [1.54, 1.807) is 4.90 Å². The molecule has 0 bridgehead atoms. The van der Waals surface area contributed by atoms with Gasteiger partial charge in [0.05, 0.1) is 37.8 Å². The summed E-state index contributed by atoms with van der Waals surface area (Å²) in [4.78, 5) is 52.6. The van der Waals surface area contributed by atoms with Crippen LogP contribution in [-0.2, 0) is 18.8 Å². The minimum atomic E-state index is -1.23. The molecule has 14 heteroatoms. The highest BCUT2D eigenvalue weighted by Crippen LogP contribution is 2.27. The Balaban J connectivity index is 2.88. The van der Waals surface area contributed by atoms with Crippen molar-refractivity contribution in [1.82, 2.24) is 30.7 Å². The van der Waals surface area contributed by atoms with Crippen LogP contribution in [0.25, 0.3) is 0 Å². The molecule has 0 radical (unpaired) electrons. The van der Waals surface area contributed by atoms with E-state index < -0.39 is 51.0 Å². The first-order valence-corrected chi connectivity index (χ1v) is 16.0. The number of hydrogen-bond acceptors (Lipinski definition) is 7. The summed E-state index contributed by atoms with van der Waals surface area (Å²) in [5, 5.41) is 23.9. The Bertz CT molecular complexity index is 966. The molecule has 1 aliphatic rings. The van der Waals surface area contributed by atoms with Gasteiger partial charge >= 0.3 is 15.6 Å². The minimum absolute atomic E-state index is 0.154. The zero-order chi connectivity index (χ0) is 33.0. The van der Waals surface area contributed by atoms with Crippen LogP contribution in [0.4, 0.5) is 4.79 Å². The summed E-state index contributed by atoms with van der Waals surface area (Å²) in [5.41, 5.74) is -0.898. The van der Waals surface area contributed by atoms with Crippen molar-refractivity contribution in [2.45, 2.75) is 98.6 Å². The summed E-state index contributed by atoms with van der Waals surface area (Å²) in [5.74, 6) is -1.85. The first-order valence-electron chi connectivity index (χ1n) is 15.1. The van der Waals surface area contributed by atoms with Crippen molar-refractivity contribution in [3.8, 4) is 0 Å². The molecule has 244 valence electrons. The van der Waals surface area contributed by atoms with Gasteiger partial charge in [0.2, 0.25) is 11.7 Å². The van der Waals surface area contributed by atoms with Gasteiger partial charge in [0.1, 0.15) is 18.8 Å². The molecule has 0 aromatic carbocycles. The molecule has 4 amide bonds. The average Bonchev–Trinajstić information content (AvgIpc) is 3.41. The summed E-state index contributed by atoms with van der Waals surface area (Å²) < 4.78 is 13.3. The number of amides is 4. The number of nitrogens with one attached hydrogen (secondary N) is 4. The number of nitrogens with two attached hydrogens (primary N) is 1. The number of carbonyl (C=O) groups is 4. The first-order chi connectivity index (χ1) is 19.9. The van der Waals surface area contributed by atoms with Crippen molar-refractivity contribution in [3.05, 3.63) is 12.7 Å². The fourth-order valence-corrected chi connectivity index (χ4v) is 5.20. The second-order valence-electron chi connectivity index (χ2n) is 13.5. The van der Waals surface area contributed by atoms with Crippen LogP contribution in [0.2, 0.25) is 0 Å². The Morgan fingerprint density at radius 3 is 2.30 bits per heavy atom. The number of nitrogens with zero attached hydrogens (tertiary/aromatic N) is 2. The normalized spacial score (nSPS) is 17.4. The lowest BCUT2D eigenvalue weighted by molar-refractivity contribution is -0.657. The molecule has 1 aliphatic heterocycles. The number of rotatable bonds is 17. The first kappa shape index (κ1) is 38.3. The molecule has 1 rings (SSSR count). The summed E-state index contributed by atoms with van der Waals surface area (Å²) in [6.45, 7) is 21.3. The zero-order valence-electron chi connectivity index (χ0n) is 27.3. The molecule has 1 heterocycles. The quantitative estimate of drug-likeness (QED) is 0.0397. The van der Waals surface area contributed by atoms with Crippen LogP contribution in [0, 0.1) is 10.8 Å². The maximum Gasteiger partial charge on any atom is 0.894 e. The van der Waals surface area contributed by atoms with E-state index in [9.17, 15) is 28.7 Å². The van der Waals surface area contributed by atoms with Crippen LogP contribution in [0.3, 0.4) is 0 Å². The third-order valence-corrected chi connectivity index (χ3v) is 8.51. The number of quaternary nitrogens is 1. The molecule has 1 unspecified atom stereocenters. The summed E-state index contributed by atoms with van der Waals surface area (Å²) >= 11 is 0. The van der Waals surface area contributed by atoms with Gasteiger partial charge in [-0.15, -0.1) is 6.58 Å². The Morgan fingerprint density at radius 2 is 1.77 bits per heavy atom. The van der Waals surface area contributed by atoms with Crippen LogP contribution in [-0.4, -0.2) is 117 Å². The van der Waals surface area contributed by atoms with E-state index in [-0.39, 0.29) is 36.5 Å². The molecule has 0 aromatic heterocycles. The summed E-state index contributed by atoms with van der Waals surface area (Å²) in [6.07, 6.45) is 1.38. The topological polar surface area (TPSA) is 177 Å². The Hall–Kier alpha value is -2.68. The van der Waals surface area contributed by atoms with Crippen LogP contribution < -0.4 is 26.6 Å². The molecular formula is C29H55N7O6Si+2. The van der Waals surface area contributed by atoms with Gasteiger partial charge in [-0.2, -0.15) is 4.57 Å². The molecule has 0 aliphatic carbocycles. The van der Waals surface area contributed by atoms with Crippen molar-refractivity contribution in [1.29, 1.82) is 0 Å². The number of likely N-dealkylation sites (tertiary alicyclic amines) is 1. The second-order valence-corrected chi connectivity index (χ2v) is 14.3. The second kappa shape index (κ2) is 17.6. The lowest BCUT2D eigenvalue weighted by atomic mass is 9.85. The Morgan fingerprint density at radius 1 is 1.12 bits per heavy atom. The van der Waals surface area contributed by atoms with E-state index in [4.69, 9.17) is 0 Å². The number of urea groups is 1. The summed E-state index contributed by atoms with van der Waals surface area (Å²) in [6, 6.07) is -1.99. The highest BCUT2D eigenvalue weighted by Gasteiger charge is 2.42. The lowest BCUT2D eigenvalue weighted by Crippen LogP contribution is -2.89. The SMILES string of the molecule is C=CCNC(=O)C(=O)CNC(O)[C@@H]1CCCN1C(=O)[C@@H](NC(=O)N[C@H](C[NH2+]CCN([Si+]=O)C(C)C)C(C)(C)C)C(C)(C)C. The van der Waals surface area contributed by atoms with Gasteiger partial charge in [0.25, 0.3) is 5.91 Å². The predicted octanol–water partition coefficient (Wildman–Crippen LogP) is -0.876. The largest absolute Gasteiger partial charge is 0.894 e. The van der Waals surface area contributed by atoms with Crippen LogP contribution >= 0.6 is 0 Å². The number of carbonyl (C=O) groups excluding carboxylic acids is 4. The van der Waals surface area contributed by atoms with E-state index >= 15 is 0 Å². The minimum Gasteiger partial charge on any atom is -0.376 e. The third kappa shape index (κ3) is 12.8. The van der Waals surface area contributed by atoms with E-state index in [1.165, 1.54) is 6.08 Å². The average molecular weight is 626 g/mol. The van der Waals surface area contributed by atoms with Crippen LogP contribution in [0.1, 0.15) is 68.2 Å². The van der Waals surface area contributed by atoms with Gasteiger partial charge in [0, 0.05) is 13.1 Å². The summed E-state index contributed by atoms with van der Waals surface area (Å²) in [7, 11) is -0.502. The van der Waals surface area contributed by atoms with Gasteiger partial charge in [-0.1, -0.05) is 52.1 Å². The van der Waals surface area contributed by atoms with Crippen molar-refractivity contribution < 1.29 is 34.1 Å². The number of aliphatic hydroxyl groups is 1. The lowest BCUT2D eigenvalue weighted by Gasteiger charge is -2.38. The standard InChI is InChI=1S/C29H53N7O6Si/c1-10-13-31-25(39)21(37)17-32-24(38)20-12-11-15-35(20)26(40)23(29(7,8)9)34-27(41)33-22(28(4,5)6)18-30-14-16-36(43-42)19(2)3/h10,19-20,22-24,30,32,38H,1,11-18H2,2-9H3,(H2-,31,33,34,39,41)/p+2/t20-,22+,23+,24?/m0/s1. The van der Waals surface area contributed by atoms with Gasteiger partial charge in [-0.05, 0) is 37.5 Å². The molecule has 7 N–H and O–H groups in total. The Labute approximate surface area is 259 Å². The van der Waals surface area contributed by atoms with E-state index in [0.717, 1.165) is 6.54 Å². The van der Waals surface area contributed by atoms with Crippen molar-refractivity contribution in [2.24, 2.45) is 10.8 Å². The molecule has 0 spiro atoms. The fourth-order valence-electron chi connectivity index (χ4n) is 4.77. The van der Waals surface area contributed by atoms with Crippen LogP contribution in [0.5, 0.6) is 0 Å². The highest BCUT2D eigenvalue weighted by atomic mass is 28.2. The number of ketones is 1. The molecule has 43 heavy (non-hydrogen) atoms. The highest BCUT2D eigenvalue weighted by molar-refractivity contribution is 6.37.